The Morgan fingerprint density at radius 3 is 2.47 bits per heavy atom. The first-order chi connectivity index (χ1) is 8.88. The summed E-state index contributed by atoms with van der Waals surface area (Å²) in [5, 5.41) is 0. The van der Waals surface area contributed by atoms with Crippen molar-refractivity contribution in [2.24, 2.45) is 0 Å². The van der Waals surface area contributed by atoms with Crippen LogP contribution in [0, 0.1) is 0 Å². The van der Waals surface area contributed by atoms with Crippen LogP contribution in [0.3, 0.4) is 0 Å². The van der Waals surface area contributed by atoms with E-state index in [1.165, 1.54) is 0 Å². The molecular weight excluding hydrogens is 264 g/mol. The fourth-order valence-corrected chi connectivity index (χ4v) is 1.68. The number of ether oxygens (including phenoxy) is 2. The van der Waals surface area contributed by atoms with Gasteiger partial charge in [0.05, 0.1) is 20.0 Å². The molecule has 0 saturated heterocycles. The van der Waals surface area contributed by atoms with E-state index in [-0.39, 0.29) is 12.4 Å². The van der Waals surface area contributed by atoms with Gasteiger partial charge < -0.3 is 14.0 Å². The average molecular weight is 283 g/mol. The normalized spacial score (nSPS) is 9.74. The molecule has 0 saturated carbocycles. The smallest absolute Gasteiger partial charge is 0.119 e. The van der Waals surface area contributed by atoms with Crippen LogP contribution in [-0.4, -0.2) is 23.3 Å². The lowest BCUT2D eigenvalue weighted by Gasteiger charge is -2.07. The van der Waals surface area contributed by atoms with E-state index in [0.29, 0.717) is 0 Å². The number of methoxy groups -OCH3 is 1. The minimum Gasteiger partial charge on any atom is -0.497 e. The Balaban J connectivity index is 0.00000180. The van der Waals surface area contributed by atoms with Gasteiger partial charge in [-0.2, -0.15) is 0 Å². The molecule has 0 amide bonds. The summed E-state index contributed by atoms with van der Waals surface area (Å²) >= 11 is 0. The Hall–Kier alpha value is -1.68. The molecule has 1 aromatic heterocycles. The third-order valence-corrected chi connectivity index (χ3v) is 2.70. The van der Waals surface area contributed by atoms with E-state index in [1.54, 1.807) is 13.3 Å². The third kappa shape index (κ3) is 5.22. The summed E-state index contributed by atoms with van der Waals surface area (Å²) in [6, 6.07) is 7.66. The van der Waals surface area contributed by atoms with E-state index in [0.717, 1.165) is 37.5 Å². The minimum atomic E-state index is 0. The van der Waals surface area contributed by atoms with Crippen molar-refractivity contribution in [2.75, 3.05) is 13.7 Å². The fourth-order valence-electron chi connectivity index (χ4n) is 1.68. The zero-order chi connectivity index (χ0) is 12.6. The van der Waals surface area contributed by atoms with E-state index in [9.17, 15) is 0 Å². The second-order valence-corrected chi connectivity index (χ2v) is 4.03. The first-order valence-corrected chi connectivity index (χ1v) is 6.11. The first-order valence-electron chi connectivity index (χ1n) is 6.11. The highest BCUT2D eigenvalue weighted by Crippen LogP contribution is 2.17. The molecule has 0 N–H and O–H groups in total. The Bertz CT molecular complexity index is 443. The molecule has 0 unspecified atom stereocenters. The minimum absolute atomic E-state index is 0. The standard InChI is InChI=1S/C14H18N2O2.ClH/c1-17-13-4-6-14(7-5-13)18-11-3-2-9-16-10-8-15-12-16;/h4-8,10,12H,2-3,9,11H2,1H3;1H. The molecule has 0 fully saturated rings. The van der Waals surface area contributed by atoms with E-state index in [2.05, 4.69) is 9.55 Å². The number of aryl methyl sites for hydroxylation is 1. The molecule has 2 aromatic rings. The summed E-state index contributed by atoms with van der Waals surface area (Å²) in [5.41, 5.74) is 0. The van der Waals surface area contributed by atoms with Gasteiger partial charge in [-0.15, -0.1) is 12.4 Å². The summed E-state index contributed by atoms with van der Waals surface area (Å²) in [5.74, 6) is 1.74. The number of imidazole rings is 1. The van der Waals surface area contributed by atoms with E-state index < -0.39 is 0 Å². The van der Waals surface area contributed by atoms with Gasteiger partial charge in [0.25, 0.3) is 0 Å². The zero-order valence-electron chi connectivity index (χ0n) is 11.0. The van der Waals surface area contributed by atoms with Gasteiger partial charge in [0.2, 0.25) is 0 Å². The third-order valence-electron chi connectivity index (χ3n) is 2.70. The molecule has 5 heteroatoms. The van der Waals surface area contributed by atoms with Gasteiger partial charge in [-0.05, 0) is 37.1 Å². The highest BCUT2D eigenvalue weighted by atomic mass is 35.5. The van der Waals surface area contributed by atoms with Gasteiger partial charge in [0.1, 0.15) is 11.5 Å². The van der Waals surface area contributed by atoms with E-state index in [1.807, 2.05) is 36.8 Å². The number of nitrogens with zero attached hydrogens (tertiary/aromatic N) is 2. The maximum absolute atomic E-state index is 5.64. The molecule has 4 nitrogen and oxygen atoms in total. The lowest BCUT2D eigenvalue weighted by molar-refractivity contribution is 0.302. The number of unbranched alkanes of at least 4 members (excludes halogenated alkanes) is 1. The van der Waals surface area contributed by atoms with Crippen LogP contribution in [0.1, 0.15) is 12.8 Å². The van der Waals surface area contributed by atoms with Gasteiger partial charge >= 0.3 is 0 Å². The number of halogens is 1. The van der Waals surface area contributed by atoms with Gasteiger partial charge in [0.15, 0.2) is 0 Å². The summed E-state index contributed by atoms with van der Waals surface area (Å²) < 4.78 is 12.8. The fraction of sp³-hybridized carbons (Fsp3) is 0.357. The van der Waals surface area contributed by atoms with Crippen molar-refractivity contribution >= 4 is 12.4 Å². The second kappa shape index (κ2) is 8.43. The van der Waals surface area contributed by atoms with Crippen molar-refractivity contribution in [3.05, 3.63) is 43.0 Å². The Morgan fingerprint density at radius 1 is 1.11 bits per heavy atom. The maximum Gasteiger partial charge on any atom is 0.119 e. The topological polar surface area (TPSA) is 36.3 Å². The highest BCUT2D eigenvalue weighted by molar-refractivity contribution is 5.85. The van der Waals surface area contributed by atoms with Crippen LogP contribution in [-0.2, 0) is 6.54 Å². The van der Waals surface area contributed by atoms with Crippen molar-refractivity contribution in [1.82, 2.24) is 9.55 Å². The molecule has 0 bridgehead atoms. The van der Waals surface area contributed by atoms with Crippen molar-refractivity contribution in [3.63, 3.8) is 0 Å². The van der Waals surface area contributed by atoms with Crippen LogP contribution in [0.2, 0.25) is 0 Å². The molecule has 0 aliphatic rings. The lowest BCUT2D eigenvalue weighted by atomic mass is 10.3. The zero-order valence-corrected chi connectivity index (χ0v) is 11.8. The molecule has 104 valence electrons. The number of aromatic nitrogens is 2. The van der Waals surface area contributed by atoms with Crippen LogP contribution in [0.15, 0.2) is 43.0 Å². The summed E-state index contributed by atoms with van der Waals surface area (Å²) in [4.78, 5) is 4.00. The van der Waals surface area contributed by atoms with Gasteiger partial charge in [-0.1, -0.05) is 0 Å². The monoisotopic (exact) mass is 282 g/mol. The quantitative estimate of drug-likeness (QED) is 0.732. The summed E-state index contributed by atoms with van der Waals surface area (Å²) in [7, 11) is 1.66. The molecule has 1 aromatic carbocycles. The molecule has 19 heavy (non-hydrogen) atoms. The molecule has 0 atom stereocenters. The van der Waals surface area contributed by atoms with Gasteiger partial charge in [-0.25, -0.2) is 4.98 Å². The van der Waals surface area contributed by atoms with Crippen LogP contribution < -0.4 is 9.47 Å². The molecular formula is C14H19ClN2O2. The van der Waals surface area contributed by atoms with E-state index in [4.69, 9.17) is 9.47 Å². The molecule has 0 radical (unpaired) electrons. The highest BCUT2D eigenvalue weighted by Gasteiger charge is 1.96. The van der Waals surface area contributed by atoms with Crippen molar-refractivity contribution < 1.29 is 9.47 Å². The van der Waals surface area contributed by atoms with Crippen LogP contribution in [0.4, 0.5) is 0 Å². The first kappa shape index (κ1) is 15.4. The maximum atomic E-state index is 5.64. The molecule has 0 aliphatic heterocycles. The number of hydrogen-bond acceptors (Lipinski definition) is 3. The Labute approximate surface area is 119 Å². The Morgan fingerprint density at radius 2 is 1.84 bits per heavy atom. The number of hydrogen-bond donors (Lipinski definition) is 0. The van der Waals surface area contributed by atoms with Crippen LogP contribution >= 0.6 is 12.4 Å². The molecule has 1 heterocycles. The van der Waals surface area contributed by atoms with Gasteiger partial charge in [-0.3, -0.25) is 0 Å². The number of rotatable bonds is 7. The van der Waals surface area contributed by atoms with Crippen molar-refractivity contribution in [3.8, 4) is 11.5 Å². The molecule has 0 spiro atoms. The predicted molar refractivity (Wildman–Crippen MR) is 77.2 cm³/mol. The number of benzene rings is 1. The summed E-state index contributed by atoms with van der Waals surface area (Å²) in [6.07, 6.45) is 7.74. The van der Waals surface area contributed by atoms with Crippen LogP contribution in [0.5, 0.6) is 11.5 Å². The van der Waals surface area contributed by atoms with Crippen LogP contribution in [0.25, 0.3) is 0 Å². The largest absolute Gasteiger partial charge is 0.497 e. The van der Waals surface area contributed by atoms with Crippen molar-refractivity contribution in [2.45, 2.75) is 19.4 Å². The van der Waals surface area contributed by atoms with Crippen molar-refractivity contribution in [1.29, 1.82) is 0 Å². The SMILES string of the molecule is COc1ccc(OCCCCn2ccnc2)cc1.Cl. The molecule has 0 aliphatic carbocycles. The predicted octanol–water partition coefficient (Wildman–Crippen LogP) is 3.17. The second-order valence-electron chi connectivity index (χ2n) is 4.03. The average Bonchev–Trinajstić information content (AvgIpc) is 2.92. The van der Waals surface area contributed by atoms with E-state index >= 15 is 0 Å². The van der Waals surface area contributed by atoms with Gasteiger partial charge in [0, 0.05) is 18.9 Å². The molecule has 2 rings (SSSR count). The summed E-state index contributed by atoms with van der Waals surface area (Å²) in [6.45, 7) is 1.73. The lowest BCUT2D eigenvalue weighted by Crippen LogP contribution is -2.00. The Kier molecular flexibility index (Phi) is 6.82.